The van der Waals surface area contributed by atoms with Gasteiger partial charge in [-0.15, -0.1) is 0 Å². The lowest BCUT2D eigenvalue weighted by Gasteiger charge is -2.20. The van der Waals surface area contributed by atoms with Gasteiger partial charge in [0.25, 0.3) is 0 Å². The van der Waals surface area contributed by atoms with Gasteiger partial charge in [-0.25, -0.2) is 0 Å². The third-order valence-corrected chi connectivity index (χ3v) is 11.3. The van der Waals surface area contributed by atoms with Crippen molar-refractivity contribution in [2.24, 2.45) is 0 Å². The van der Waals surface area contributed by atoms with Gasteiger partial charge in [0.1, 0.15) is 0 Å². The van der Waals surface area contributed by atoms with Gasteiger partial charge in [-0.05, 0) is 83.5 Å². The fraction of sp³-hybridized carbons (Fsp3) is 0.672. The van der Waals surface area contributed by atoms with Crippen LogP contribution in [0.25, 0.3) is 0 Å². The molecule has 0 saturated heterocycles. The molecule has 0 rings (SSSR count). The number of amides is 1. The standard InChI is InChI=1S/C58H99NO3/c1-3-5-7-9-11-13-15-17-19-21-23-25-26-27-28-29-30-31-32-34-36-38-40-42-44-46-48-50-52-54-58(62)59-56(55-60)57(61)53-51-49-47-45-43-41-39-37-35-33-24-22-20-18-16-14-12-10-8-6-4-2/h5,7,11,13,17,19,23,25,27-28,30-31,34,36,40,42,51,53,56-57,60-61H,3-4,6,8-10,12,14-16,18,20-22,24,26,29,32-33,35,37-39,41,43-50,52,54-55H2,1-2H3,(H,59,62)/b7-5-,13-11-,19-17-,25-23-,28-27-,31-30-,36-34-,42-40-,53-51+. The minimum atomic E-state index is -0.859. The van der Waals surface area contributed by atoms with Crippen LogP contribution in [0.3, 0.4) is 0 Å². The molecule has 4 nitrogen and oxygen atoms in total. The SMILES string of the molecule is CC/C=C\C/C=C\C/C=C\C/C=C\C/C=C\C/C=C\C/C=C\C/C=C\CCCCCCC(=O)NC(CO)C(O)/C=C/CCCCCCCCCCCCCCCCCCCCC. The van der Waals surface area contributed by atoms with E-state index in [9.17, 15) is 15.0 Å². The van der Waals surface area contributed by atoms with Crippen molar-refractivity contribution in [2.75, 3.05) is 6.61 Å². The van der Waals surface area contributed by atoms with Gasteiger partial charge >= 0.3 is 0 Å². The molecule has 0 radical (unpaired) electrons. The molecule has 4 heteroatoms. The minimum absolute atomic E-state index is 0.0917. The number of hydrogen-bond donors (Lipinski definition) is 3. The molecular weight excluding hydrogens is 759 g/mol. The number of aliphatic hydroxyl groups is 2. The van der Waals surface area contributed by atoms with Gasteiger partial charge in [-0.3, -0.25) is 4.79 Å². The molecule has 2 unspecified atom stereocenters. The Balaban J connectivity index is 3.67. The average Bonchev–Trinajstić information content (AvgIpc) is 3.28. The maximum absolute atomic E-state index is 12.4. The van der Waals surface area contributed by atoms with E-state index in [1.165, 1.54) is 116 Å². The number of hydrogen-bond acceptors (Lipinski definition) is 3. The van der Waals surface area contributed by atoms with Gasteiger partial charge in [0, 0.05) is 6.42 Å². The Morgan fingerprint density at radius 2 is 0.710 bits per heavy atom. The lowest BCUT2D eigenvalue weighted by molar-refractivity contribution is -0.123. The highest BCUT2D eigenvalue weighted by molar-refractivity contribution is 5.76. The molecule has 62 heavy (non-hydrogen) atoms. The van der Waals surface area contributed by atoms with Crippen molar-refractivity contribution >= 4 is 5.91 Å². The van der Waals surface area contributed by atoms with Crippen molar-refractivity contribution in [1.82, 2.24) is 5.32 Å². The Morgan fingerprint density at radius 1 is 0.403 bits per heavy atom. The molecule has 0 aromatic heterocycles. The second-order valence-corrected chi connectivity index (χ2v) is 17.2. The van der Waals surface area contributed by atoms with E-state index in [0.29, 0.717) is 6.42 Å². The Morgan fingerprint density at radius 3 is 1.06 bits per heavy atom. The van der Waals surface area contributed by atoms with Crippen LogP contribution in [0.1, 0.15) is 232 Å². The Kier molecular flexibility index (Phi) is 49.9. The highest BCUT2D eigenvalue weighted by Crippen LogP contribution is 2.15. The van der Waals surface area contributed by atoms with Crippen LogP contribution in [0.2, 0.25) is 0 Å². The topological polar surface area (TPSA) is 69.6 Å². The molecule has 3 N–H and O–H groups in total. The smallest absolute Gasteiger partial charge is 0.220 e. The number of aliphatic hydroxyl groups excluding tert-OH is 2. The third kappa shape index (κ3) is 48.1. The Bertz CT molecular complexity index is 1200. The van der Waals surface area contributed by atoms with Crippen molar-refractivity contribution < 1.29 is 15.0 Å². The lowest BCUT2D eigenvalue weighted by atomic mass is 10.0. The molecule has 0 saturated carbocycles. The van der Waals surface area contributed by atoms with Gasteiger partial charge < -0.3 is 15.5 Å². The monoisotopic (exact) mass is 858 g/mol. The number of allylic oxidation sites excluding steroid dienone is 17. The zero-order valence-corrected chi connectivity index (χ0v) is 40.6. The zero-order valence-electron chi connectivity index (χ0n) is 40.6. The van der Waals surface area contributed by atoms with E-state index >= 15 is 0 Å². The highest BCUT2D eigenvalue weighted by atomic mass is 16.3. The Labute approximate surface area is 385 Å². The Hall–Kier alpha value is -2.95. The van der Waals surface area contributed by atoms with Crippen LogP contribution in [-0.4, -0.2) is 34.9 Å². The van der Waals surface area contributed by atoms with E-state index in [4.69, 9.17) is 0 Å². The summed E-state index contributed by atoms with van der Waals surface area (Å²) >= 11 is 0. The quantitative estimate of drug-likeness (QED) is 0.0422. The summed E-state index contributed by atoms with van der Waals surface area (Å²) < 4.78 is 0. The van der Waals surface area contributed by atoms with Crippen LogP contribution in [0.15, 0.2) is 109 Å². The van der Waals surface area contributed by atoms with E-state index in [1.54, 1.807) is 6.08 Å². The summed E-state index contributed by atoms with van der Waals surface area (Å²) in [5.74, 6) is -0.0917. The van der Waals surface area contributed by atoms with Crippen molar-refractivity contribution in [3.05, 3.63) is 109 Å². The van der Waals surface area contributed by atoms with E-state index in [2.05, 4.69) is 116 Å². The number of rotatable bonds is 46. The number of carbonyl (C=O) groups is 1. The molecule has 0 spiro atoms. The van der Waals surface area contributed by atoms with Crippen LogP contribution in [-0.2, 0) is 4.79 Å². The third-order valence-electron chi connectivity index (χ3n) is 11.3. The van der Waals surface area contributed by atoms with Gasteiger partial charge in [0.05, 0.1) is 18.8 Å². The lowest BCUT2D eigenvalue weighted by Crippen LogP contribution is -2.45. The molecule has 0 aliphatic heterocycles. The molecule has 1 amide bonds. The fourth-order valence-electron chi connectivity index (χ4n) is 7.31. The number of carbonyl (C=O) groups excluding carboxylic acids is 1. The second kappa shape index (κ2) is 52.4. The predicted molar refractivity (Wildman–Crippen MR) is 276 cm³/mol. The van der Waals surface area contributed by atoms with E-state index in [1.807, 2.05) is 6.08 Å². The van der Waals surface area contributed by atoms with Crippen LogP contribution in [0.5, 0.6) is 0 Å². The molecule has 0 aromatic rings. The van der Waals surface area contributed by atoms with Crippen LogP contribution in [0.4, 0.5) is 0 Å². The van der Waals surface area contributed by atoms with Gasteiger partial charge in [0.2, 0.25) is 5.91 Å². The van der Waals surface area contributed by atoms with Gasteiger partial charge in [-0.2, -0.15) is 0 Å². The summed E-state index contributed by atoms with van der Waals surface area (Å²) in [5.41, 5.74) is 0. The van der Waals surface area contributed by atoms with E-state index in [-0.39, 0.29) is 12.5 Å². The van der Waals surface area contributed by atoms with E-state index < -0.39 is 12.1 Å². The second-order valence-electron chi connectivity index (χ2n) is 17.2. The van der Waals surface area contributed by atoms with Gasteiger partial charge in [0.15, 0.2) is 0 Å². The summed E-state index contributed by atoms with van der Waals surface area (Å²) in [5, 5.41) is 23.1. The van der Waals surface area contributed by atoms with Crippen LogP contribution < -0.4 is 5.32 Å². The van der Waals surface area contributed by atoms with Gasteiger partial charge in [-0.1, -0.05) is 252 Å². The van der Waals surface area contributed by atoms with Crippen LogP contribution in [0, 0.1) is 0 Å². The molecule has 0 aliphatic carbocycles. The van der Waals surface area contributed by atoms with Crippen LogP contribution >= 0.6 is 0 Å². The number of unbranched alkanes of at least 4 members (excludes halogenated alkanes) is 23. The molecule has 0 aromatic carbocycles. The largest absolute Gasteiger partial charge is 0.394 e. The molecule has 0 fully saturated rings. The first-order valence-electron chi connectivity index (χ1n) is 26.1. The summed E-state index contributed by atoms with van der Waals surface area (Å²) in [4.78, 5) is 12.4. The molecule has 0 aliphatic rings. The van der Waals surface area contributed by atoms with Crippen molar-refractivity contribution in [1.29, 1.82) is 0 Å². The van der Waals surface area contributed by atoms with Crippen molar-refractivity contribution in [3.8, 4) is 0 Å². The summed E-state index contributed by atoms with van der Waals surface area (Å²) in [6.07, 6.45) is 79.3. The summed E-state index contributed by atoms with van der Waals surface area (Å²) in [6.45, 7) is 4.19. The summed E-state index contributed by atoms with van der Waals surface area (Å²) in [6, 6.07) is -0.645. The average molecular weight is 858 g/mol. The maximum atomic E-state index is 12.4. The zero-order chi connectivity index (χ0) is 44.9. The fourth-order valence-corrected chi connectivity index (χ4v) is 7.31. The van der Waals surface area contributed by atoms with Crippen molar-refractivity contribution in [3.63, 3.8) is 0 Å². The van der Waals surface area contributed by atoms with Crippen molar-refractivity contribution in [2.45, 2.75) is 244 Å². The first kappa shape index (κ1) is 59.0. The molecule has 0 heterocycles. The molecule has 0 bridgehead atoms. The predicted octanol–water partition coefficient (Wildman–Crippen LogP) is 17.1. The molecular formula is C58H99NO3. The summed E-state index contributed by atoms with van der Waals surface area (Å²) in [7, 11) is 0. The number of nitrogens with one attached hydrogen (secondary N) is 1. The maximum Gasteiger partial charge on any atom is 0.220 e. The highest BCUT2D eigenvalue weighted by Gasteiger charge is 2.17. The molecule has 354 valence electrons. The first-order valence-corrected chi connectivity index (χ1v) is 26.1. The normalized spacial score (nSPS) is 13.8. The minimum Gasteiger partial charge on any atom is -0.394 e. The first-order chi connectivity index (χ1) is 30.7. The molecule has 2 atom stereocenters. The van der Waals surface area contributed by atoms with E-state index in [0.717, 1.165) is 96.3 Å².